The van der Waals surface area contributed by atoms with Gasteiger partial charge >= 0.3 is 0 Å². The maximum atomic E-state index is 11.9. The summed E-state index contributed by atoms with van der Waals surface area (Å²) in [6.45, 7) is 5.49. The predicted molar refractivity (Wildman–Crippen MR) is 59.5 cm³/mol. The normalized spacial score (nSPS) is 26.3. The lowest BCUT2D eigenvalue weighted by molar-refractivity contribution is -0.130. The second-order valence-electron chi connectivity index (χ2n) is 3.96. The van der Waals surface area contributed by atoms with Gasteiger partial charge in [0.2, 0.25) is 5.91 Å². The average molecular weight is 214 g/mol. The second kappa shape index (κ2) is 6.08. The van der Waals surface area contributed by atoms with Crippen molar-refractivity contribution in [2.45, 2.75) is 45.3 Å². The molecule has 0 radical (unpaired) electrons. The first-order valence-corrected chi connectivity index (χ1v) is 5.80. The summed E-state index contributed by atoms with van der Waals surface area (Å²) in [7, 11) is 1.67. The largest absolute Gasteiger partial charge is 0.383 e. The first kappa shape index (κ1) is 12.5. The molecule has 2 unspecified atom stereocenters. The van der Waals surface area contributed by atoms with Gasteiger partial charge in [-0.3, -0.25) is 10.1 Å². The Balaban J connectivity index is 2.57. The summed E-state index contributed by atoms with van der Waals surface area (Å²) < 4.78 is 5.03. The van der Waals surface area contributed by atoms with E-state index in [9.17, 15) is 4.79 Å². The van der Waals surface area contributed by atoms with E-state index in [2.05, 4.69) is 12.2 Å². The van der Waals surface area contributed by atoms with Crippen molar-refractivity contribution in [2.75, 3.05) is 20.3 Å². The molecule has 1 amide bonds. The number of hydrogen-bond donors (Lipinski definition) is 1. The van der Waals surface area contributed by atoms with Crippen LogP contribution in [0.5, 0.6) is 0 Å². The Morgan fingerprint density at radius 2 is 2.20 bits per heavy atom. The lowest BCUT2D eigenvalue weighted by Gasteiger charge is -2.23. The van der Waals surface area contributed by atoms with Crippen molar-refractivity contribution in [2.24, 2.45) is 0 Å². The number of ether oxygens (including phenoxy) is 1. The van der Waals surface area contributed by atoms with Crippen LogP contribution in [0, 0.1) is 0 Å². The highest BCUT2D eigenvalue weighted by Gasteiger charge is 2.36. The highest BCUT2D eigenvalue weighted by molar-refractivity contribution is 5.84. The van der Waals surface area contributed by atoms with Gasteiger partial charge < -0.3 is 9.64 Å². The molecule has 0 saturated carbocycles. The monoisotopic (exact) mass is 214 g/mol. The first-order chi connectivity index (χ1) is 7.24. The summed E-state index contributed by atoms with van der Waals surface area (Å²) in [4.78, 5) is 13.9. The number of rotatable bonds is 6. The van der Waals surface area contributed by atoms with Gasteiger partial charge in [-0.25, -0.2) is 0 Å². The molecular formula is C11H22N2O2. The lowest BCUT2D eigenvalue weighted by atomic mass is 10.2. The molecule has 4 heteroatoms. The van der Waals surface area contributed by atoms with Crippen molar-refractivity contribution in [1.29, 1.82) is 0 Å². The summed E-state index contributed by atoms with van der Waals surface area (Å²) in [5.74, 6) is 0.230. The molecule has 1 aliphatic rings. The van der Waals surface area contributed by atoms with Crippen LogP contribution in [-0.4, -0.2) is 43.3 Å². The van der Waals surface area contributed by atoms with Crippen molar-refractivity contribution in [3.8, 4) is 0 Å². The van der Waals surface area contributed by atoms with E-state index in [1.165, 1.54) is 0 Å². The molecule has 1 rings (SSSR count). The third-order valence-electron chi connectivity index (χ3n) is 2.86. The van der Waals surface area contributed by atoms with E-state index in [1.54, 1.807) is 7.11 Å². The zero-order chi connectivity index (χ0) is 11.3. The maximum Gasteiger partial charge on any atom is 0.241 e. The molecule has 1 heterocycles. The van der Waals surface area contributed by atoms with Gasteiger partial charge in [0.25, 0.3) is 0 Å². The van der Waals surface area contributed by atoms with Gasteiger partial charge in [0.15, 0.2) is 0 Å². The fourth-order valence-electron chi connectivity index (χ4n) is 2.01. The van der Waals surface area contributed by atoms with Crippen molar-refractivity contribution < 1.29 is 9.53 Å². The number of carbonyl (C=O) groups is 1. The van der Waals surface area contributed by atoms with Crippen molar-refractivity contribution in [3.05, 3.63) is 0 Å². The van der Waals surface area contributed by atoms with Crippen LogP contribution >= 0.6 is 0 Å². The fourth-order valence-corrected chi connectivity index (χ4v) is 2.01. The number of hydrogen-bond acceptors (Lipinski definition) is 3. The molecule has 0 aromatic heterocycles. The van der Waals surface area contributed by atoms with Crippen LogP contribution in [0.2, 0.25) is 0 Å². The average Bonchev–Trinajstić information content (AvgIpc) is 2.53. The molecular weight excluding hydrogens is 192 g/mol. The Labute approximate surface area is 92.0 Å². The Morgan fingerprint density at radius 3 is 2.73 bits per heavy atom. The standard InChI is InChI=1S/C11H22N2O2/c1-4-6-10-12-9(5-2)11(14)13(10)7-8-15-3/h9-10,12H,4-8H2,1-3H3. The Kier molecular flexibility index (Phi) is 5.05. The molecule has 15 heavy (non-hydrogen) atoms. The summed E-state index contributed by atoms with van der Waals surface area (Å²) in [6.07, 6.45) is 3.18. The van der Waals surface area contributed by atoms with Gasteiger partial charge in [0.1, 0.15) is 0 Å². The first-order valence-electron chi connectivity index (χ1n) is 5.80. The molecule has 1 N–H and O–H groups in total. The molecule has 2 atom stereocenters. The Morgan fingerprint density at radius 1 is 1.47 bits per heavy atom. The molecule has 0 bridgehead atoms. The highest BCUT2D eigenvalue weighted by Crippen LogP contribution is 2.16. The SMILES string of the molecule is CCCC1NC(CC)C(=O)N1CCOC. The molecule has 1 saturated heterocycles. The molecule has 0 aromatic rings. The van der Waals surface area contributed by atoms with E-state index in [1.807, 2.05) is 11.8 Å². The molecule has 4 nitrogen and oxygen atoms in total. The Hall–Kier alpha value is -0.610. The molecule has 0 aromatic carbocycles. The number of nitrogens with one attached hydrogen (secondary N) is 1. The predicted octanol–water partition coefficient (Wildman–Crippen LogP) is 0.969. The van der Waals surface area contributed by atoms with Gasteiger partial charge in [-0.1, -0.05) is 20.3 Å². The van der Waals surface area contributed by atoms with Crippen LogP contribution in [0.4, 0.5) is 0 Å². The minimum absolute atomic E-state index is 0.0124. The van der Waals surface area contributed by atoms with Crippen molar-refractivity contribution in [3.63, 3.8) is 0 Å². The van der Waals surface area contributed by atoms with E-state index in [0.717, 1.165) is 19.3 Å². The van der Waals surface area contributed by atoms with Gasteiger partial charge in [-0.2, -0.15) is 0 Å². The van der Waals surface area contributed by atoms with Crippen LogP contribution in [0.25, 0.3) is 0 Å². The number of carbonyl (C=O) groups excluding carboxylic acids is 1. The van der Waals surface area contributed by atoms with Crippen LogP contribution in [0.15, 0.2) is 0 Å². The van der Waals surface area contributed by atoms with Crippen molar-refractivity contribution in [1.82, 2.24) is 10.2 Å². The third-order valence-corrected chi connectivity index (χ3v) is 2.86. The maximum absolute atomic E-state index is 11.9. The summed E-state index contributed by atoms with van der Waals surface area (Å²) in [5, 5.41) is 3.37. The van der Waals surface area contributed by atoms with E-state index in [0.29, 0.717) is 13.2 Å². The number of nitrogens with zero attached hydrogens (tertiary/aromatic N) is 1. The zero-order valence-corrected chi connectivity index (χ0v) is 9.95. The summed E-state index contributed by atoms with van der Waals surface area (Å²) in [6, 6.07) is 0.0124. The van der Waals surface area contributed by atoms with E-state index >= 15 is 0 Å². The van der Waals surface area contributed by atoms with E-state index < -0.39 is 0 Å². The summed E-state index contributed by atoms with van der Waals surface area (Å²) in [5.41, 5.74) is 0. The topological polar surface area (TPSA) is 41.6 Å². The Bertz CT molecular complexity index is 209. The molecule has 1 fully saturated rings. The summed E-state index contributed by atoms with van der Waals surface area (Å²) >= 11 is 0. The minimum atomic E-state index is 0.0124. The van der Waals surface area contributed by atoms with E-state index in [4.69, 9.17) is 4.74 Å². The third kappa shape index (κ3) is 2.92. The van der Waals surface area contributed by atoms with Crippen LogP contribution in [0.3, 0.4) is 0 Å². The van der Waals surface area contributed by atoms with E-state index in [-0.39, 0.29) is 18.1 Å². The smallest absolute Gasteiger partial charge is 0.241 e. The van der Waals surface area contributed by atoms with Gasteiger partial charge in [0.05, 0.1) is 18.8 Å². The molecule has 1 aliphatic heterocycles. The highest BCUT2D eigenvalue weighted by atomic mass is 16.5. The van der Waals surface area contributed by atoms with Crippen LogP contribution in [-0.2, 0) is 9.53 Å². The number of methoxy groups -OCH3 is 1. The van der Waals surface area contributed by atoms with Crippen LogP contribution < -0.4 is 5.32 Å². The zero-order valence-electron chi connectivity index (χ0n) is 9.95. The van der Waals surface area contributed by atoms with Gasteiger partial charge in [-0.15, -0.1) is 0 Å². The molecule has 0 spiro atoms. The minimum Gasteiger partial charge on any atom is -0.383 e. The molecule has 0 aliphatic carbocycles. The molecule has 88 valence electrons. The second-order valence-corrected chi connectivity index (χ2v) is 3.96. The van der Waals surface area contributed by atoms with Crippen LogP contribution in [0.1, 0.15) is 33.1 Å². The quantitative estimate of drug-likeness (QED) is 0.716. The lowest BCUT2D eigenvalue weighted by Crippen LogP contribution is -2.39. The fraction of sp³-hybridized carbons (Fsp3) is 0.909. The van der Waals surface area contributed by atoms with Gasteiger partial charge in [0, 0.05) is 13.7 Å². The van der Waals surface area contributed by atoms with Crippen molar-refractivity contribution >= 4 is 5.91 Å². The van der Waals surface area contributed by atoms with Gasteiger partial charge in [-0.05, 0) is 12.8 Å². The number of amides is 1.